The lowest BCUT2D eigenvalue weighted by Gasteiger charge is -2.68. The minimum atomic E-state index is -0.0547. The van der Waals surface area contributed by atoms with Gasteiger partial charge in [-0.1, -0.05) is 66.5 Å². The van der Waals surface area contributed by atoms with Crippen molar-refractivity contribution in [1.82, 2.24) is 5.16 Å². The lowest BCUT2D eigenvalue weighted by molar-refractivity contribution is -0.190. The largest absolute Gasteiger partial charge is 0.361 e. The van der Waals surface area contributed by atoms with E-state index in [-0.39, 0.29) is 35.8 Å². The van der Waals surface area contributed by atoms with Gasteiger partial charge in [0.1, 0.15) is 11.5 Å². The van der Waals surface area contributed by atoms with Crippen molar-refractivity contribution in [2.24, 2.45) is 51.2 Å². The van der Waals surface area contributed by atoms with Gasteiger partial charge in [-0.25, -0.2) is 0 Å². The van der Waals surface area contributed by atoms with E-state index < -0.39 is 0 Å². The zero-order chi connectivity index (χ0) is 26.3. The van der Waals surface area contributed by atoms with Crippen LogP contribution in [0.5, 0.6) is 0 Å². The molecule has 0 spiro atoms. The molecule has 4 saturated carbocycles. The summed E-state index contributed by atoms with van der Waals surface area (Å²) < 4.78 is 5.80. The Morgan fingerprint density at radius 3 is 2.39 bits per heavy atom. The standard InChI is InChI=1S/C31H43NO2.C2H6.2H2/c1-8-31-12-9-20-25(21(31)17-27(2,3)13-14-31)22(33)15-24-29(20,6)11-10-23-28(4,5)26-19(18-32-34-26)16-30(23,24)7;1-2;;/h1,18,20-21,23-25H,9-17H2,2-7H3;1-2H3;2*1H/t20?,21-,23?,24?,25-,29-,30-,31-;;;/m0.../s1. The summed E-state index contributed by atoms with van der Waals surface area (Å²) in [6, 6.07) is 0. The van der Waals surface area contributed by atoms with Crippen molar-refractivity contribution in [2.45, 2.75) is 119 Å². The first-order chi connectivity index (χ1) is 16.9. The third-order valence-electron chi connectivity index (χ3n) is 12.4. The van der Waals surface area contributed by atoms with E-state index in [0.29, 0.717) is 29.5 Å². The van der Waals surface area contributed by atoms with Crippen LogP contribution in [-0.4, -0.2) is 10.9 Å². The fraction of sp³-hybridized carbons (Fsp3) is 0.818. The summed E-state index contributed by atoms with van der Waals surface area (Å²) in [5.41, 5.74) is 1.76. The van der Waals surface area contributed by atoms with Crippen LogP contribution >= 0.6 is 0 Å². The number of terminal acetylenes is 1. The maximum atomic E-state index is 14.2. The molecule has 36 heavy (non-hydrogen) atoms. The van der Waals surface area contributed by atoms with E-state index in [4.69, 9.17) is 10.9 Å². The van der Waals surface area contributed by atoms with Crippen LogP contribution < -0.4 is 0 Å². The summed E-state index contributed by atoms with van der Waals surface area (Å²) in [7, 11) is 0. The van der Waals surface area contributed by atoms with Crippen LogP contribution in [0.2, 0.25) is 0 Å². The van der Waals surface area contributed by atoms with E-state index in [1.165, 1.54) is 24.8 Å². The Morgan fingerprint density at radius 2 is 1.69 bits per heavy atom. The molecule has 3 heteroatoms. The number of carbonyl (C=O) groups excluding carboxylic acids is 1. The molecule has 0 aromatic carbocycles. The Morgan fingerprint density at radius 1 is 0.972 bits per heavy atom. The summed E-state index contributed by atoms with van der Waals surface area (Å²) in [6.07, 6.45) is 18.0. The Kier molecular flexibility index (Phi) is 5.95. The smallest absolute Gasteiger partial charge is 0.145 e. The van der Waals surface area contributed by atoms with Crippen LogP contribution in [0.4, 0.5) is 0 Å². The first-order valence-electron chi connectivity index (χ1n) is 14.8. The van der Waals surface area contributed by atoms with Crippen molar-refractivity contribution >= 4 is 5.78 Å². The first kappa shape index (κ1) is 26.1. The number of ketones is 1. The molecule has 1 heterocycles. The molecular formula is C33H53NO2. The summed E-state index contributed by atoms with van der Waals surface area (Å²) in [6.45, 7) is 18.5. The zero-order valence-electron chi connectivity index (χ0n) is 24.2. The second kappa shape index (κ2) is 8.22. The maximum Gasteiger partial charge on any atom is 0.145 e. The van der Waals surface area contributed by atoms with Crippen molar-refractivity contribution in [3.05, 3.63) is 17.5 Å². The van der Waals surface area contributed by atoms with Gasteiger partial charge >= 0.3 is 0 Å². The number of hydrogen-bond donors (Lipinski definition) is 0. The summed E-state index contributed by atoms with van der Waals surface area (Å²) in [4.78, 5) is 14.2. The van der Waals surface area contributed by atoms with Gasteiger partial charge in [0.2, 0.25) is 0 Å². The van der Waals surface area contributed by atoms with Gasteiger partial charge in [-0.3, -0.25) is 4.79 Å². The molecule has 0 bridgehead atoms. The number of carbonyl (C=O) groups is 1. The highest BCUT2D eigenvalue weighted by Crippen LogP contribution is 2.72. The topological polar surface area (TPSA) is 43.1 Å². The predicted molar refractivity (Wildman–Crippen MR) is 149 cm³/mol. The first-order valence-corrected chi connectivity index (χ1v) is 14.8. The molecule has 0 aliphatic heterocycles. The summed E-state index contributed by atoms with van der Waals surface area (Å²) in [5, 5.41) is 4.21. The monoisotopic (exact) mass is 495 g/mol. The van der Waals surface area contributed by atoms with Crippen molar-refractivity contribution in [3.63, 3.8) is 0 Å². The predicted octanol–water partition coefficient (Wildman–Crippen LogP) is 8.51. The van der Waals surface area contributed by atoms with Gasteiger partial charge in [0, 0.05) is 31.6 Å². The molecule has 6 rings (SSSR count). The van der Waals surface area contributed by atoms with Crippen LogP contribution in [0.3, 0.4) is 0 Å². The molecule has 1 aromatic rings. The van der Waals surface area contributed by atoms with Crippen LogP contribution in [0.25, 0.3) is 0 Å². The van der Waals surface area contributed by atoms with E-state index in [1.807, 2.05) is 20.0 Å². The van der Waals surface area contributed by atoms with E-state index in [1.54, 1.807) is 0 Å². The molecule has 202 valence electrons. The van der Waals surface area contributed by atoms with Crippen LogP contribution in [0.15, 0.2) is 10.7 Å². The SMILES string of the molecule is C#C[C@@]12CCC3[C@H](C(=O)CC4[C@@]3(C)CCC3C(C)(C)c5oncc5C[C@@]34C)[C@@H]1CC(C)(C)CC2.CC.[HH].[HH]. The number of Topliss-reactive ketones (excluding diaryl/α,β-unsaturated/α-hetero) is 1. The molecule has 0 saturated heterocycles. The van der Waals surface area contributed by atoms with Gasteiger partial charge < -0.3 is 4.52 Å². The van der Waals surface area contributed by atoms with Gasteiger partial charge in [0.05, 0.1) is 6.20 Å². The zero-order valence-corrected chi connectivity index (χ0v) is 24.2. The second-order valence-corrected chi connectivity index (χ2v) is 14.9. The lowest BCUT2D eigenvalue weighted by atomic mass is 9.35. The average Bonchev–Trinajstić information content (AvgIpc) is 3.30. The summed E-state index contributed by atoms with van der Waals surface area (Å²) >= 11 is 0. The third kappa shape index (κ3) is 3.31. The highest BCUT2D eigenvalue weighted by molar-refractivity contribution is 5.83. The number of rotatable bonds is 0. The van der Waals surface area contributed by atoms with E-state index >= 15 is 0 Å². The van der Waals surface area contributed by atoms with Crippen molar-refractivity contribution in [3.8, 4) is 12.3 Å². The van der Waals surface area contributed by atoms with Gasteiger partial charge in [-0.2, -0.15) is 0 Å². The molecule has 5 aliphatic carbocycles. The molecule has 1 aromatic heterocycles. The Hall–Kier alpha value is -1.56. The highest BCUT2D eigenvalue weighted by Gasteiger charge is 2.68. The van der Waals surface area contributed by atoms with Crippen molar-refractivity contribution in [1.29, 1.82) is 0 Å². The second-order valence-electron chi connectivity index (χ2n) is 14.9. The van der Waals surface area contributed by atoms with Gasteiger partial charge in [0.15, 0.2) is 0 Å². The van der Waals surface area contributed by atoms with E-state index in [9.17, 15) is 4.79 Å². The molecule has 0 N–H and O–H groups in total. The minimum absolute atomic E-state index is 0. The van der Waals surface area contributed by atoms with E-state index in [2.05, 4.69) is 52.6 Å². The average molecular weight is 496 g/mol. The summed E-state index contributed by atoms with van der Waals surface area (Å²) in [5.74, 6) is 6.85. The molecule has 3 nitrogen and oxygen atoms in total. The number of hydrogen-bond acceptors (Lipinski definition) is 3. The molecule has 5 aliphatic rings. The van der Waals surface area contributed by atoms with Crippen molar-refractivity contribution < 1.29 is 12.2 Å². The Bertz CT molecular complexity index is 1080. The molecule has 4 fully saturated rings. The lowest BCUT2D eigenvalue weighted by Crippen LogP contribution is -2.65. The van der Waals surface area contributed by atoms with E-state index in [0.717, 1.165) is 44.3 Å². The molecule has 8 atom stereocenters. The fourth-order valence-corrected chi connectivity index (χ4v) is 10.9. The quantitative estimate of drug-likeness (QED) is 0.339. The number of aromatic nitrogens is 1. The van der Waals surface area contributed by atoms with Gasteiger partial charge in [-0.05, 0) is 91.3 Å². The molecular weight excluding hydrogens is 442 g/mol. The molecule has 0 radical (unpaired) electrons. The Labute approximate surface area is 222 Å². The van der Waals surface area contributed by atoms with Crippen molar-refractivity contribution in [2.75, 3.05) is 0 Å². The highest BCUT2D eigenvalue weighted by atomic mass is 16.5. The minimum Gasteiger partial charge on any atom is -0.361 e. The normalized spacial score (nSPS) is 45.9. The fourth-order valence-electron chi connectivity index (χ4n) is 10.9. The Balaban J connectivity index is 0.000000978. The van der Waals surface area contributed by atoms with Gasteiger partial charge in [-0.15, -0.1) is 6.42 Å². The van der Waals surface area contributed by atoms with Crippen LogP contribution in [0, 0.1) is 63.6 Å². The number of fused-ring (bicyclic) bond motifs is 8. The molecule has 0 amide bonds. The van der Waals surface area contributed by atoms with Gasteiger partial charge in [0.25, 0.3) is 0 Å². The number of nitrogens with zero attached hydrogens (tertiary/aromatic N) is 1. The van der Waals surface area contributed by atoms with Crippen LogP contribution in [-0.2, 0) is 16.6 Å². The molecule has 3 unspecified atom stereocenters. The third-order valence-corrected chi connectivity index (χ3v) is 12.4. The van der Waals surface area contributed by atoms with Crippen LogP contribution in [0.1, 0.15) is 121 Å². The maximum absolute atomic E-state index is 14.2.